The molecule has 4 rings (SSSR count). The maximum absolute atomic E-state index is 14.5. The summed E-state index contributed by atoms with van der Waals surface area (Å²) < 4.78 is 28.6. The lowest BCUT2D eigenvalue weighted by molar-refractivity contribution is 0.0997. The van der Waals surface area contributed by atoms with Crippen LogP contribution in [0.5, 0.6) is 23.0 Å². The molecule has 2 aromatic rings. The zero-order chi connectivity index (χ0) is 20.3. The van der Waals surface area contributed by atoms with Crippen LogP contribution in [0.25, 0.3) is 11.1 Å². The number of phenols is 4. The van der Waals surface area contributed by atoms with Gasteiger partial charge in [-0.2, -0.15) is 8.78 Å². The minimum atomic E-state index is -1.33. The molecule has 0 spiro atoms. The van der Waals surface area contributed by atoms with E-state index in [9.17, 15) is 34.0 Å². The molecule has 1 fully saturated rings. The van der Waals surface area contributed by atoms with Crippen molar-refractivity contribution < 1.29 is 34.0 Å². The summed E-state index contributed by atoms with van der Waals surface area (Å²) in [6.07, 6.45) is 2.04. The van der Waals surface area contributed by atoms with Crippen LogP contribution in [0.1, 0.15) is 52.4 Å². The van der Waals surface area contributed by atoms with Crippen LogP contribution < -0.4 is 5.32 Å². The van der Waals surface area contributed by atoms with Gasteiger partial charge in [0.25, 0.3) is 0 Å². The van der Waals surface area contributed by atoms with Crippen molar-refractivity contribution in [2.75, 3.05) is 6.54 Å². The van der Waals surface area contributed by atoms with E-state index in [4.69, 9.17) is 0 Å². The number of carbonyl (C=O) groups excluding carboxylic acids is 1. The summed E-state index contributed by atoms with van der Waals surface area (Å²) >= 11 is 0. The SMILES string of the molecule is Cc1c(O)c(F)c(O)c(-c2c3c(O)c(F)c(O)c2C(=O)C3)c1C1CCCCN1. The van der Waals surface area contributed by atoms with Gasteiger partial charge < -0.3 is 25.7 Å². The Labute approximate surface area is 159 Å². The molecule has 1 saturated heterocycles. The van der Waals surface area contributed by atoms with Crippen molar-refractivity contribution in [1.29, 1.82) is 0 Å². The molecule has 6 nitrogen and oxygen atoms in total. The number of nitrogens with one attached hydrogen (secondary N) is 1. The van der Waals surface area contributed by atoms with Crippen molar-refractivity contribution in [3.63, 3.8) is 0 Å². The van der Waals surface area contributed by atoms with E-state index in [-0.39, 0.29) is 34.7 Å². The molecular formula is C20H19F2NO5. The zero-order valence-corrected chi connectivity index (χ0v) is 15.1. The Morgan fingerprint density at radius 2 is 1.54 bits per heavy atom. The number of carbonyl (C=O) groups is 1. The molecule has 2 aliphatic rings. The second-order valence-electron chi connectivity index (χ2n) is 7.27. The van der Waals surface area contributed by atoms with Gasteiger partial charge in [-0.25, -0.2) is 0 Å². The van der Waals surface area contributed by atoms with Crippen LogP contribution >= 0.6 is 0 Å². The van der Waals surface area contributed by atoms with E-state index in [1.807, 2.05) is 0 Å². The topological polar surface area (TPSA) is 110 Å². The lowest BCUT2D eigenvalue weighted by atomic mass is 9.84. The van der Waals surface area contributed by atoms with Crippen LogP contribution in [-0.4, -0.2) is 32.8 Å². The molecule has 148 valence electrons. The second-order valence-corrected chi connectivity index (χ2v) is 7.27. The number of ketones is 1. The highest BCUT2D eigenvalue weighted by Crippen LogP contribution is 2.53. The van der Waals surface area contributed by atoms with Gasteiger partial charge in [0.05, 0.1) is 5.56 Å². The number of hydrogen-bond donors (Lipinski definition) is 5. The third-order valence-electron chi connectivity index (χ3n) is 5.70. The van der Waals surface area contributed by atoms with Gasteiger partial charge in [-0.15, -0.1) is 0 Å². The van der Waals surface area contributed by atoms with Crippen LogP contribution in [0.4, 0.5) is 8.78 Å². The van der Waals surface area contributed by atoms with Gasteiger partial charge in [-0.05, 0) is 37.4 Å². The average molecular weight is 391 g/mol. The number of phenolic OH excluding ortho intramolecular Hbond substituents is 4. The molecule has 1 atom stereocenters. The quantitative estimate of drug-likeness (QED) is 0.537. The van der Waals surface area contributed by atoms with E-state index in [0.717, 1.165) is 12.8 Å². The standard InChI is InChI=1S/C20H19F2NO5/c1-7-11(9-4-2-3-5-23-9)14(20(28)15(21)17(7)25)12-8-6-10(24)13(12)19(27)16(22)18(8)26/h9,23,25-28H,2-6H2,1H3. The molecule has 28 heavy (non-hydrogen) atoms. The van der Waals surface area contributed by atoms with Crippen LogP contribution in [0.15, 0.2) is 0 Å². The van der Waals surface area contributed by atoms with Crippen LogP contribution in [-0.2, 0) is 6.42 Å². The summed E-state index contributed by atoms with van der Waals surface area (Å²) in [7, 11) is 0. The minimum Gasteiger partial charge on any atom is -0.505 e. The largest absolute Gasteiger partial charge is 0.505 e. The summed E-state index contributed by atoms with van der Waals surface area (Å²) in [6, 6.07) is -0.357. The first-order chi connectivity index (χ1) is 13.3. The van der Waals surface area contributed by atoms with E-state index < -0.39 is 46.0 Å². The molecule has 1 aliphatic heterocycles. The molecule has 0 aromatic heterocycles. The van der Waals surface area contributed by atoms with Crippen molar-refractivity contribution in [3.8, 4) is 34.1 Å². The monoisotopic (exact) mass is 391 g/mol. The average Bonchev–Trinajstić information content (AvgIpc) is 3.00. The minimum absolute atomic E-state index is 0.0942. The molecule has 8 heteroatoms. The summed E-state index contributed by atoms with van der Waals surface area (Å²) in [5, 5.41) is 44.2. The normalized spacial score (nSPS) is 18.7. The molecule has 2 aromatic carbocycles. The molecule has 0 saturated carbocycles. The third-order valence-corrected chi connectivity index (χ3v) is 5.70. The maximum atomic E-state index is 14.5. The predicted molar refractivity (Wildman–Crippen MR) is 95.8 cm³/mol. The highest BCUT2D eigenvalue weighted by Gasteiger charge is 2.39. The van der Waals surface area contributed by atoms with E-state index in [0.29, 0.717) is 18.5 Å². The van der Waals surface area contributed by atoms with Gasteiger partial charge in [0.1, 0.15) is 0 Å². The fourth-order valence-corrected chi connectivity index (χ4v) is 4.33. The zero-order valence-electron chi connectivity index (χ0n) is 15.1. The Bertz CT molecular complexity index is 1030. The van der Waals surface area contributed by atoms with Crippen molar-refractivity contribution in [1.82, 2.24) is 5.32 Å². The van der Waals surface area contributed by atoms with Gasteiger partial charge in [0.15, 0.2) is 28.8 Å². The summed E-state index contributed by atoms with van der Waals surface area (Å²) in [6.45, 7) is 2.15. The molecule has 1 heterocycles. The van der Waals surface area contributed by atoms with Crippen molar-refractivity contribution in [2.24, 2.45) is 0 Å². The van der Waals surface area contributed by atoms with E-state index in [1.165, 1.54) is 6.92 Å². The molecule has 1 aliphatic carbocycles. The smallest absolute Gasteiger partial charge is 0.207 e. The summed E-state index contributed by atoms with van der Waals surface area (Å²) in [5.74, 6) is -6.81. The van der Waals surface area contributed by atoms with Gasteiger partial charge in [0, 0.05) is 29.2 Å². The predicted octanol–water partition coefficient (Wildman–Crippen LogP) is 3.32. The summed E-state index contributed by atoms with van der Waals surface area (Å²) in [5.41, 5.74) is -0.204. The Hall–Kier alpha value is -2.87. The summed E-state index contributed by atoms with van der Waals surface area (Å²) in [4.78, 5) is 12.4. The highest BCUT2D eigenvalue weighted by atomic mass is 19.1. The number of halogens is 2. The highest BCUT2D eigenvalue weighted by molar-refractivity contribution is 6.13. The van der Waals surface area contributed by atoms with Crippen molar-refractivity contribution in [3.05, 3.63) is 33.9 Å². The lowest BCUT2D eigenvalue weighted by Crippen LogP contribution is -2.28. The van der Waals surface area contributed by atoms with Crippen LogP contribution in [0.2, 0.25) is 0 Å². The Kier molecular flexibility index (Phi) is 4.19. The van der Waals surface area contributed by atoms with Crippen molar-refractivity contribution >= 4 is 5.78 Å². The van der Waals surface area contributed by atoms with Gasteiger partial charge in [-0.1, -0.05) is 6.42 Å². The second kappa shape index (κ2) is 6.34. The maximum Gasteiger partial charge on any atom is 0.207 e. The first-order valence-electron chi connectivity index (χ1n) is 9.02. The fraction of sp³-hybridized carbons (Fsp3) is 0.350. The number of aromatic hydroxyl groups is 4. The van der Waals surface area contributed by atoms with Crippen LogP contribution in [0, 0.1) is 18.6 Å². The lowest BCUT2D eigenvalue weighted by Gasteiger charge is -2.29. The number of hydrogen-bond acceptors (Lipinski definition) is 6. The molecule has 5 N–H and O–H groups in total. The Morgan fingerprint density at radius 1 is 0.893 bits per heavy atom. The molecular weight excluding hydrogens is 372 g/mol. The molecule has 1 unspecified atom stereocenters. The number of piperidine rings is 1. The van der Waals surface area contributed by atoms with Crippen molar-refractivity contribution in [2.45, 2.75) is 38.6 Å². The van der Waals surface area contributed by atoms with Crippen LogP contribution in [0.3, 0.4) is 0 Å². The number of rotatable bonds is 2. The Balaban J connectivity index is 2.12. The number of benzene rings is 2. The van der Waals surface area contributed by atoms with E-state index in [1.54, 1.807) is 0 Å². The van der Waals surface area contributed by atoms with E-state index in [2.05, 4.69) is 5.32 Å². The molecule has 0 amide bonds. The Morgan fingerprint density at radius 3 is 2.18 bits per heavy atom. The first kappa shape index (κ1) is 18.5. The first-order valence-corrected chi connectivity index (χ1v) is 9.02. The third kappa shape index (κ3) is 2.37. The van der Waals surface area contributed by atoms with Gasteiger partial charge in [0.2, 0.25) is 11.6 Å². The number of fused-ring (bicyclic) bond motifs is 2. The number of Topliss-reactive ketones (excluding diaryl/α,β-unsaturated/α-hetero) is 1. The molecule has 0 radical (unpaired) electrons. The van der Waals surface area contributed by atoms with Gasteiger partial charge in [-0.3, -0.25) is 4.79 Å². The van der Waals surface area contributed by atoms with Gasteiger partial charge >= 0.3 is 0 Å². The fourth-order valence-electron chi connectivity index (χ4n) is 4.33. The molecule has 2 bridgehead atoms. The van der Waals surface area contributed by atoms with E-state index >= 15 is 0 Å².